The van der Waals surface area contributed by atoms with Crippen molar-refractivity contribution in [3.8, 4) is 0 Å². The fraction of sp³-hybridized carbons (Fsp3) is 0.526. The third kappa shape index (κ3) is 4.21. The average Bonchev–Trinajstić information content (AvgIpc) is 2.60. The van der Waals surface area contributed by atoms with Crippen LogP contribution >= 0.6 is 11.6 Å². The summed E-state index contributed by atoms with van der Waals surface area (Å²) in [6, 6.07) is 4.85. The molecule has 0 saturated heterocycles. The Morgan fingerprint density at radius 3 is 2.68 bits per heavy atom. The summed E-state index contributed by atoms with van der Waals surface area (Å²) >= 11 is 6.00. The number of nitrogens with zero attached hydrogens (tertiary/aromatic N) is 3. The highest BCUT2D eigenvalue weighted by Gasteiger charge is 2.24. The van der Waals surface area contributed by atoms with Gasteiger partial charge >= 0.3 is 0 Å². The van der Waals surface area contributed by atoms with E-state index in [-0.39, 0.29) is 17.5 Å². The van der Waals surface area contributed by atoms with E-state index in [2.05, 4.69) is 11.9 Å². The molecular weight excluding hydrogens is 338 g/mol. The smallest absolute Gasteiger partial charge is 0.261 e. The summed E-state index contributed by atoms with van der Waals surface area (Å²) < 4.78 is 1.53. The zero-order chi connectivity index (χ0) is 18.6. The van der Waals surface area contributed by atoms with Crippen LogP contribution in [0.2, 0.25) is 5.02 Å². The summed E-state index contributed by atoms with van der Waals surface area (Å²) in [5.74, 6) is 0.708. The Balaban J connectivity index is 2.47. The van der Waals surface area contributed by atoms with Gasteiger partial charge in [-0.25, -0.2) is 4.98 Å². The van der Waals surface area contributed by atoms with Crippen LogP contribution in [0.3, 0.4) is 0 Å². The van der Waals surface area contributed by atoms with Crippen LogP contribution in [-0.2, 0) is 11.8 Å². The molecule has 2 aromatic rings. The highest BCUT2D eigenvalue weighted by molar-refractivity contribution is 6.31. The molecule has 1 amide bonds. The van der Waals surface area contributed by atoms with Gasteiger partial charge in [0, 0.05) is 25.0 Å². The van der Waals surface area contributed by atoms with E-state index in [9.17, 15) is 9.59 Å². The molecule has 1 atom stereocenters. The van der Waals surface area contributed by atoms with Gasteiger partial charge in [-0.2, -0.15) is 0 Å². The first kappa shape index (κ1) is 19.4. The standard InChI is InChI=1S/C19H26ClN3O2/c1-5-7-8-17(24)23(11-6-2)13(3)18-21-16-10-9-14(20)12-15(16)19(25)22(18)4/h9-10,12-13H,5-8,11H2,1-4H3. The molecule has 0 spiro atoms. The van der Waals surface area contributed by atoms with Crippen molar-refractivity contribution >= 4 is 28.4 Å². The summed E-state index contributed by atoms with van der Waals surface area (Å²) in [7, 11) is 1.70. The Labute approximate surface area is 153 Å². The van der Waals surface area contributed by atoms with Crippen LogP contribution < -0.4 is 5.56 Å². The van der Waals surface area contributed by atoms with Crippen LogP contribution in [0, 0.1) is 0 Å². The second-order valence-electron chi connectivity index (χ2n) is 6.36. The number of hydrogen-bond donors (Lipinski definition) is 0. The van der Waals surface area contributed by atoms with E-state index < -0.39 is 0 Å². The van der Waals surface area contributed by atoms with Crippen LogP contribution in [0.4, 0.5) is 0 Å². The van der Waals surface area contributed by atoms with Gasteiger partial charge in [-0.1, -0.05) is 31.9 Å². The van der Waals surface area contributed by atoms with Crippen molar-refractivity contribution in [2.75, 3.05) is 6.54 Å². The van der Waals surface area contributed by atoms with Crippen molar-refractivity contribution in [1.29, 1.82) is 0 Å². The molecular formula is C19H26ClN3O2. The number of hydrogen-bond acceptors (Lipinski definition) is 3. The molecule has 1 heterocycles. The molecule has 0 aliphatic carbocycles. The number of amides is 1. The lowest BCUT2D eigenvalue weighted by atomic mass is 10.1. The predicted octanol–water partition coefficient (Wildman–Crippen LogP) is 4.08. The first-order valence-corrected chi connectivity index (χ1v) is 9.24. The summed E-state index contributed by atoms with van der Waals surface area (Å²) in [4.78, 5) is 31.8. The SMILES string of the molecule is CCCCC(=O)N(CCC)C(C)c1nc2ccc(Cl)cc2c(=O)n1C. The highest BCUT2D eigenvalue weighted by atomic mass is 35.5. The highest BCUT2D eigenvalue weighted by Crippen LogP contribution is 2.22. The van der Waals surface area contributed by atoms with Gasteiger partial charge in [-0.05, 0) is 38.0 Å². The van der Waals surface area contributed by atoms with E-state index in [0.717, 1.165) is 19.3 Å². The van der Waals surface area contributed by atoms with Gasteiger partial charge in [0.1, 0.15) is 5.82 Å². The summed E-state index contributed by atoms with van der Waals surface area (Å²) in [5.41, 5.74) is 0.457. The van der Waals surface area contributed by atoms with Gasteiger partial charge in [0.05, 0.1) is 16.9 Å². The Kier molecular flexibility index (Phi) is 6.59. The molecule has 25 heavy (non-hydrogen) atoms. The van der Waals surface area contributed by atoms with Crippen molar-refractivity contribution < 1.29 is 4.79 Å². The van der Waals surface area contributed by atoms with Gasteiger partial charge in [0.25, 0.3) is 5.56 Å². The van der Waals surface area contributed by atoms with E-state index in [0.29, 0.717) is 34.7 Å². The van der Waals surface area contributed by atoms with E-state index in [1.54, 1.807) is 25.2 Å². The summed E-state index contributed by atoms with van der Waals surface area (Å²) in [6.45, 7) is 6.70. The lowest BCUT2D eigenvalue weighted by Crippen LogP contribution is -2.37. The maximum atomic E-state index is 12.7. The number of halogens is 1. The van der Waals surface area contributed by atoms with Crippen molar-refractivity contribution in [1.82, 2.24) is 14.5 Å². The number of aromatic nitrogens is 2. The third-order valence-electron chi connectivity index (χ3n) is 4.44. The summed E-state index contributed by atoms with van der Waals surface area (Å²) in [6.07, 6.45) is 3.24. The quantitative estimate of drug-likeness (QED) is 0.744. The van der Waals surface area contributed by atoms with Crippen LogP contribution in [0.25, 0.3) is 10.9 Å². The Hall–Kier alpha value is -1.88. The van der Waals surface area contributed by atoms with Crippen molar-refractivity contribution in [3.63, 3.8) is 0 Å². The number of carbonyl (C=O) groups is 1. The number of carbonyl (C=O) groups excluding carboxylic acids is 1. The average molecular weight is 364 g/mol. The third-order valence-corrected chi connectivity index (χ3v) is 4.68. The molecule has 136 valence electrons. The Morgan fingerprint density at radius 2 is 2.04 bits per heavy atom. The van der Waals surface area contributed by atoms with Crippen LogP contribution in [0.15, 0.2) is 23.0 Å². The van der Waals surface area contributed by atoms with Gasteiger partial charge < -0.3 is 4.90 Å². The molecule has 0 N–H and O–H groups in total. The minimum Gasteiger partial charge on any atom is -0.333 e. The predicted molar refractivity (Wildman–Crippen MR) is 102 cm³/mol. The van der Waals surface area contributed by atoms with Crippen molar-refractivity contribution in [2.45, 2.75) is 52.5 Å². The number of rotatable bonds is 7. The van der Waals surface area contributed by atoms with E-state index in [4.69, 9.17) is 11.6 Å². The largest absolute Gasteiger partial charge is 0.333 e. The fourth-order valence-corrected chi connectivity index (χ4v) is 3.19. The topological polar surface area (TPSA) is 55.2 Å². The lowest BCUT2D eigenvalue weighted by molar-refractivity contribution is -0.133. The maximum Gasteiger partial charge on any atom is 0.261 e. The first-order valence-electron chi connectivity index (χ1n) is 8.86. The monoisotopic (exact) mass is 363 g/mol. The van der Waals surface area contributed by atoms with E-state index >= 15 is 0 Å². The van der Waals surface area contributed by atoms with E-state index in [1.165, 1.54) is 4.57 Å². The second-order valence-corrected chi connectivity index (χ2v) is 6.80. The van der Waals surface area contributed by atoms with Crippen LogP contribution in [0.1, 0.15) is 58.3 Å². The normalized spacial score (nSPS) is 12.4. The maximum absolute atomic E-state index is 12.7. The fourth-order valence-electron chi connectivity index (χ4n) is 3.02. The molecule has 0 fully saturated rings. The molecule has 0 bridgehead atoms. The van der Waals surface area contributed by atoms with Crippen molar-refractivity contribution in [3.05, 3.63) is 39.4 Å². The number of benzene rings is 1. The second kappa shape index (κ2) is 8.48. The summed E-state index contributed by atoms with van der Waals surface area (Å²) in [5, 5.41) is 1.000. The van der Waals surface area contributed by atoms with Gasteiger partial charge in [-0.15, -0.1) is 0 Å². The molecule has 0 saturated carbocycles. The van der Waals surface area contributed by atoms with Crippen LogP contribution in [0.5, 0.6) is 0 Å². The molecule has 2 rings (SSSR count). The molecule has 1 aromatic carbocycles. The molecule has 6 heteroatoms. The molecule has 5 nitrogen and oxygen atoms in total. The molecule has 0 aliphatic heterocycles. The Bertz CT molecular complexity index is 816. The number of unbranched alkanes of at least 4 members (excludes halogenated alkanes) is 1. The van der Waals surface area contributed by atoms with Gasteiger partial charge in [-0.3, -0.25) is 14.2 Å². The minimum atomic E-state index is -0.262. The zero-order valence-electron chi connectivity index (χ0n) is 15.4. The zero-order valence-corrected chi connectivity index (χ0v) is 16.1. The molecule has 1 aromatic heterocycles. The number of fused-ring (bicyclic) bond motifs is 1. The molecule has 0 radical (unpaired) electrons. The molecule has 0 aliphatic rings. The minimum absolute atomic E-state index is 0.113. The lowest BCUT2D eigenvalue weighted by Gasteiger charge is -2.29. The first-order chi connectivity index (χ1) is 11.9. The van der Waals surface area contributed by atoms with Gasteiger partial charge in [0.2, 0.25) is 5.91 Å². The van der Waals surface area contributed by atoms with E-state index in [1.807, 2.05) is 18.7 Å². The van der Waals surface area contributed by atoms with Gasteiger partial charge in [0.15, 0.2) is 0 Å². The van der Waals surface area contributed by atoms with Crippen molar-refractivity contribution in [2.24, 2.45) is 7.05 Å². The molecule has 1 unspecified atom stereocenters. The van der Waals surface area contributed by atoms with Crippen LogP contribution in [-0.4, -0.2) is 26.9 Å². The Morgan fingerprint density at radius 1 is 1.32 bits per heavy atom.